The van der Waals surface area contributed by atoms with Gasteiger partial charge in [0.2, 0.25) is 5.88 Å². The molecule has 39 heavy (non-hydrogen) atoms. The summed E-state index contributed by atoms with van der Waals surface area (Å²) in [6.45, 7) is 0. The molecule has 5 rings (SSSR count). The Hall–Kier alpha value is -5.35. The minimum absolute atomic E-state index is 0.0398. The SMILES string of the molecule is COC(=O)c1ccc(C2C(C#N)=C(N)Oc3cc(OC(=O)C(c4ccccc4)c4ccccc4)ccc32)cc1. The molecule has 1 atom stereocenters. The van der Waals surface area contributed by atoms with Crippen LogP contribution in [-0.4, -0.2) is 19.0 Å². The number of benzene rings is 4. The summed E-state index contributed by atoms with van der Waals surface area (Å²) in [5.74, 6) is -1.45. The largest absolute Gasteiger partial charge is 0.465 e. The first-order valence-electron chi connectivity index (χ1n) is 12.2. The van der Waals surface area contributed by atoms with Crippen LogP contribution in [0.3, 0.4) is 0 Å². The first-order valence-corrected chi connectivity index (χ1v) is 12.2. The zero-order chi connectivity index (χ0) is 27.4. The molecular formula is C32H24N2O5. The molecule has 0 aromatic heterocycles. The van der Waals surface area contributed by atoms with Crippen LogP contribution in [0.1, 0.15) is 44.4 Å². The van der Waals surface area contributed by atoms with E-state index in [0.29, 0.717) is 16.9 Å². The van der Waals surface area contributed by atoms with Crippen molar-refractivity contribution in [2.75, 3.05) is 7.11 Å². The predicted octanol–water partition coefficient (Wildman–Crippen LogP) is 5.43. The van der Waals surface area contributed by atoms with E-state index in [1.54, 1.807) is 42.5 Å². The van der Waals surface area contributed by atoms with Gasteiger partial charge in [-0.1, -0.05) is 78.9 Å². The highest BCUT2D eigenvalue weighted by Gasteiger charge is 2.32. The summed E-state index contributed by atoms with van der Waals surface area (Å²) in [6, 6.07) is 32.8. The molecule has 7 nitrogen and oxygen atoms in total. The zero-order valence-corrected chi connectivity index (χ0v) is 21.0. The average molecular weight is 517 g/mol. The number of nitriles is 1. The second-order valence-corrected chi connectivity index (χ2v) is 8.91. The number of ether oxygens (including phenoxy) is 3. The Morgan fingerprint density at radius 1 is 0.897 bits per heavy atom. The molecule has 1 aliphatic rings. The molecule has 0 spiro atoms. The molecule has 4 aromatic rings. The van der Waals surface area contributed by atoms with E-state index in [9.17, 15) is 14.9 Å². The van der Waals surface area contributed by atoms with Gasteiger partial charge in [0.05, 0.1) is 18.6 Å². The molecule has 1 heterocycles. The fraction of sp³-hybridized carbons (Fsp3) is 0.0938. The quantitative estimate of drug-likeness (QED) is 0.269. The van der Waals surface area contributed by atoms with Crippen LogP contribution in [0.5, 0.6) is 11.5 Å². The van der Waals surface area contributed by atoms with Crippen molar-refractivity contribution in [3.05, 3.63) is 142 Å². The Kier molecular flexibility index (Phi) is 7.11. The molecule has 0 amide bonds. The summed E-state index contributed by atoms with van der Waals surface area (Å²) in [4.78, 5) is 25.3. The van der Waals surface area contributed by atoms with Crippen molar-refractivity contribution in [2.24, 2.45) is 5.73 Å². The van der Waals surface area contributed by atoms with Crippen LogP contribution in [0.25, 0.3) is 0 Å². The van der Waals surface area contributed by atoms with E-state index in [0.717, 1.165) is 16.7 Å². The summed E-state index contributed by atoms with van der Waals surface area (Å²) in [5, 5.41) is 9.84. The van der Waals surface area contributed by atoms with Crippen LogP contribution in [0, 0.1) is 11.3 Å². The monoisotopic (exact) mass is 516 g/mol. The second-order valence-electron chi connectivity index (χ2n) is 8.91. The molecule has 0 saturated carbocycles. The minimum atomic E-state index is -0.624. The van der Waals surface area contributed by atoms with Gasteiger partial charge in [0, 0.05) is 11.6 Å². The molecule has 4 aromatic carbocycles. The Morgan fingerprint density at radius 2 is 1.51 bits per heavy atom. The molecule has 0 saturated heterocycles. The lowest BCUT2D eigenvalue weighted by Crippen LogP contribution is -2.22. The van der Waals surface area contributed by atoms with Crippen LogP contribution < -0.4 is 15.2 Å². The molecule has 192 valence electrons. The van der Waals surface area contributed by atoms with Crippen molar-refractivity contribution in [2.45, 2.75) is 11.8 Å². The number of nitrogens with two attached hydrogens (primary N) is 1. The molecule has 1 unspecified atom stereocenters. The number of methoxy groups -OCH3 is 1. The molecule has 0 aliphatic carbocycles. The highest BCUT2D eigenvalue weighted by atomic mass is 16.5. The number of esters is 2. The van der Waals surface area contributed by atoms with Crippen LogP contribution in [0.2, 0.25) is 0 Å². The standard InChI is InChI=1S/C32H24N2O5/c1-37-31(35)23-14-12-22(13-15-23)29-25-17-16-24(18-27(25)39-30(34)26(29)19-33)38-32(36)28(20-8-4-2-5-9-20)21-10-6-3-7-11-21/h2-18,28-29H,34H2,1H3. The van der Waals surface area contributed by atoms with Crippen molar-refractivity contribution < 1.29 is 23.8 Å². The number of rotatable bonds is 6. The molecule has 0 radical (unpaired) electrons. The fourth-order valence-corrected chi connectivity index (χ4v) is 4.70. The third-order valence-electron chi connectivity index (χ3n) is 6.58. The number of allylic oxidation sites excluding steroid dienone is 1. The Balaban J connectivity index is 1.47. The molecular weight excluding hydrogens is 492 g/mol. The number of hydrogen-bond donors (Lipinski definition) is 1. The van der Waals surface area contributed by atoms with E-state index in [1.165, 1.54) is 7.11 Å². The van der Waals surface area contributed by atoms with E-state index < -0.39 is 23.8 Å². The molecule has 0 fully saturated rings. The first kappa shape index (κ1) is 25.3. The maximum absolute atomic E-state index is 13.5. The van der Waals surface area contributed by atoms with Crippen molar-refractivity contribution in [1.82, 2.24) is 0 Å². The van der Waals surface area contributed by atoms with E-state index in [4.69, 9.17) is 19.9 Å². The van der Waals surface area contributed by atoms with Crippen LogP contribution in [0.4, 0.5) is 0 Å². The number of nitrogens with zero attached hydrogens (tertiary/aromatic N) is 1. The zero-order valence-electron chi connectivity index (χ0n) is 21.0. The average Bonchev–Trinajstić information content (AvgIpc) is 2.97. The normalized spacial score (nSPS) is 14.1. The maximum atomic E-state index is 13.5. The van der Waals surface area contributed by atoms with E-state index in [1.807, 2.05) is 60.7 Å². The van der Waals surface area contributed by atoms with Gasteiger partial charge in [0.15, 0.2) is 0 Å². The van der Waals surface area contributed by atoms with Gasteiger partial charge in [-0.3, -0.25) is 4.79 Å². The number of carbonyl (C=O) groups is 2. The van der Waals surface area contributed by atoms with Crippen molar-refractivity contribution >= 4 is 11.9 Å². The third-order valence-corrected chi connectivity index (χ3v) is 6.58. The molecule has 7 heteroatoms. The number of carbonyl (C=O) groups excluding carboxylic acids is 2. The molecule has 2 N–H and O–H groups in total. The summed E-state index contributed by atoms with van der Waals surface area (Å²) in [6.07, 6.45) is 0. The van der Waals surface area contributed by atoms with Gasteiger partial charge >= 0.3 is 11.9 Å². The van der Waals surface area contributed by atoms with Crippen LogP contribution in [0.15, 0.2) is 115 Å². The number of fused-ring (bicyclic) bond motifs is 1. The van der Waals surface area contributed by atoms with E-state index in [-0.39, 0.29) is 17.2 Å². The van der Waals surface area contributed by atoms with Gasteiger partial charge in [-0.2, -0.15) is 5.26 Å². The molecule has 0 bridgehead atoms. The summed E-state index contributed by atoms with van der Waals surface area (Å²) in [7, 11) is 1.31. The lowest BCUT2D eigenvalue weighted by atomic mass is 9.83. The summed E-state index contributed by atoms with van der Waals surface area (Å²) >= 11 is 0. The third kappa shape index (κ3) is 5.09. The number of hydrogen-bond acceptors (Lipinski definition) is 7. The van der Waals surface area contributed by atoms with Gasteiger partial charge in [0.1, 0.15) is 29.1 Å². The van der Waals surface area contributed by atoms with Gasteiger partial charge in [-0.05, 0) is 34.9 Å². The van der Waals surface area contributed by atoms with Crippen molar-refractivity contribution in [1.29, 1.82) is 5.26 Å². The van der Waals surface area contributed by atoms with Crippen LogP contribution in [-0.2, 0) is 9.53 Å². The predicted molar refractivity (Wildman–Crippen MR) is 144 cm³/mol. The Bertz CT molecular complexity index is 1550. The smallest absolute Gasteiger partial charge is 0.337 e. The van der Waals surface area contributed by atoms with Crippen molar-refractivity contribution in [3.8, 4) is 17.6 Å². The van der Waals surface area contributed by atoms with Crippen molar-refractivity contribution in [3.63, 3.8) is 0 Å². The topological polar surface area (TPSA) is 112 Å². The fourth-order valence-electron chi connectivity index (χ4n) is 4.70. The van der Waals surface area contributed by atoms with Gasteiger partial charge in [-0.25, -0.2) is 4.79 Å². The lowest BCUT2D eigenvalue weighted by molar-refractivity contribution is -0.135. The minimum Gasteiger partial charge on any atom is -0.465 e. The Labute approximate surface area is 225 Å². The highest BCUT2D eigenvalue weighted by Crippen LogP contribution is 2.43. The summed E-state index contributed by atoms with van der Waals surface area (Å²) in [5.41, 5.74) is 9.80. The Morgan fingerprint density at radius 3 is 2.08 bits per heavy atom. The highest BCUT2D eigenvalue weighted by molar-refractivity contribution is 5.89. The lowest BCUT2D eigenvalue weighted by Gasteiger charge is -2.27. The second kappa shape index (κ2) is 11.0. The molecule has 1 aliphatic heterocycles. The summed E-state index contributed by atoms with van der Waals surface area (Å²) < 4.78 is 16.4. The van der Waals surface area contributed by atoms with Gasteiger partial charge in [-0.15, -0.1) is 0 Å². The van der Waals surface area contributed by atoms with E-state index >= 15 is 0 Å². The van der Waals surface area contributed by atoms with E-state index in [2.05, 4.69) is 6.07 Å². The first-order chi connectivity index (χ1) is 19.0. The maximum Gasteiger partial charge on any atom is 0.337 e. The van der Waals surface area contributed by atoms with Crippen LogP contribution >= 0.6 is 0 Å². The van der Waals surface area contributed by atoms with Gasteiger partial charge in [0.25, 0.3) is 0 Å². The van der Waals surface area contributed by atoms with Gasteiger partial charge < -0.3 is 19.9 Å².